The van der Waals surface area contributed by atoms with E-state index in [4.69, 9.17) is 6.42 Å². The lowest BCUT2D eigenvalue weighted by molar-refractivity contribution is 0.778. The van der Waals surface area contributed by atoms with E-state index in [9.17, 15) is 0 Å². The van der Waals surface area contributed by atoms with Crippen LogP contribution >= 0.6 is 0 Å². The van der Waals surface area contributed by atoms with Crippen LogP contribution in [0, 0.1) is 145 Å². The van der Waals surface area contributed by atoms with Crippen LogP contribution < -0.4 is 10.7 Å². The van der Waals surface area contributed by atoms with Crippen LogP contribution in [0.1, 0.15) is 29.2 Å². The molecule has 1 aliphatic heterocycles. The summed E-state index contributed by atoms with van der Waals surface area (Å²) < 4.78 is 0. The van der Waals surface area contributed by atoms with E-state index in [-0.39, 0.29) is 0 Å². The van der Waals surface area contributed by atoms with Crippen LogP contribution in [0.4, 0.5) is 0 Å². The molecule has 0 aromatic heterocycles. The highest BCUT2D eigenvalue weighted by atomic mass is 15.0. The molecule has 0 spiro atoms. The van der Waals surface area contributed by atoms with Gasteiger partial charge in [0.1, 0.15) is 6.67 Å². The standard InChI is InChI=1S/C45H20N2/c1-5-6-7-8-9-10-11-12-13-14-15-16-17-18-19-20-21-22-23-24-31-45(4)41-32-35(2)25-28-39(41)40-30-27-37(33-42(40)45)38-29-26-36(3)43-44(38)47-34-46-43/h1,25-30,32-33H,34H2,2-4H3/t45-/m0/s1. The van der Waals surface area contributed by atoms with E-state index in [2.05, 4.69) is 204 Å². The Hall–Kier alpha value is -7.58. The number of aryl methyl sites for hydroxylation is 2. The Morgan fingerprint density at radius 3 is 1.57 bits per heavy atom. The minimum Gasteiger partial charge on any atom is -0.259 e. The number of nitrogens with zero attached hydrogens (tertiary/aromatic N) is 2. The molecule has 3 aromatic rings. The third kappa shape index (κ3) is 7.15. The molecule has 0 bridgehead atoms. The number of benzene rings is 3. The molecule has 0 unspecified atom stereocenters. The summed E-state index contributed by atoms with van der Waals surface area (Å²) in [5.74, 6) is 55.0. The van der Waals surface area contributed by atoms with E-state index in [1.54, 1.807) is 0 Å². The fourth-order valence-corrected chi connectivity index (χ4v) is 5.12. The zero-order chi connectivity index (χ0) is 32.9. The van der Waals surface area contributed by atoms with Crippen LogP contribution in [0.2, 0.25) is 0 Å². The molecule has 0 amide bonds. The Bertz CT molecular complexity index is 2700. The number of hydrogen-bond acceptors (Lipinski definition) is 2. The van der Waals surface area contributed by atoms with E-state index in [0.717, 1.165) is 33.0 Å². The predicted octanol–water partition coefficient (Wildman–Crippen LogP) is 4.13. The second kappa shape index (κ2) is 14.7. The van der Waals surface area contributed by atoms with Gasteiger partial charge in [0.25, 0.3) is 0 Å². The lowest BCUT2D eigenvalue weighted by atomic mass is 9.79. The molecular formula is C45H20N2. The van der Waals surface area contributed by atoms with Crippen molar-refractivity contribution in [2.45, 2.75) is 26.2 Å². The van der Waals surface area contributed by atoms with Gasteiger partial charge < -0.3 is 0 Å². The molecule has 210 valence electrons. The summed E-state index contributed by atoms with van der Waals surface area (Å²) in [4.78, 5) is 9.27. The van der Waals surface area contributed by atoms with E-state index in [0.29, 0.717) is 6.67 Å². The minimum absolute atomic E-state index is 0.470. The van der Waals surface area contributed by atoms with Crippen LogP contribution in [0.5, 0.6) is 0 Å². The molecule has 3 aromatic carbocycles. The van der Waals surface area contributed by atoms with Gasteiger partial charge in [-0.05, 0) is 155 Å². The van der Waals surface area contributed by atoms with E-state index < -0.39 is 5.41 Å². The van der Waals surface area contributed by atoms with Crippen molar-refractivity contribution in [2.75, 3.05) is 6.67 Å². The fraction of sp³-hybridized carbons (Fsp3) is 0.111. The molecule has 5 rings (SSSR count). The van der Waals surface area contributed by atoms with Gasteiger partial charge in [0.2, 0.25) is 0 Å². The van der Waals surface area contributed by atoms with Gasteiger partial charge in [-0.3, -0.25) is 9.98 Å². The maximum absolute atomic E-state index is 4.98. The molecule has 2 nitrogen and oxygen atoms in total. The summed E-state index contributed by atoms with van der Waals surface area (Å²) in [6.45, 7) is 6.79. The summed E-state index contributed by atoms with van der Waals surface area (Å²) in [6, 6.07) is 17.4. The molecule has 2 aliphatic rings. The first-order valence-electron chi connectivity index (χ1n) is 14.3. The van der Waals surface area contributed by atoms with Gasteiger partial charge in [-0.25, -0.2) is 0 Å². The average Bonchev–Trinajstić information content (AvgIpc) is 3.66. The largest absolute Gasteiger partial charge is 0.259 e. The monoisotopic (exact) mass is 588 g/mol. The Morgan fingerprint density at radius 2 is 1.00 bits per heavy atom. The van der Waals surface area contributed by atoms with Crippen molar-refractivity contribution in [1.29, 1.82) is 0 Å². The molecule has 0 saturated carbocycles. The Balaban J connectivity index is 1.33. The van der Waals surface area contributed by atoms with Crippen LogP contribution in [0.15, 0.2) is 58.5 Å². The van der Waals surface area contributed by atoms with E-state index in [1.165, 1.54) is 22.3 Å². The summed E-state index contributed by atoms with van der Waals surface area (Å²) in [6.07, 6.45) is 4.98. The van der Waals surface area contributed by atoms with Crippen molar-refractivity contribution in [1.82, 2.24) is 0 Å². The molecule has 0 fully saturated rings. The van der Waals surface area contributed by atoms with E-state index >= 15 is 0 Å². The van der Waals surface area contributed by atoms with Gasteiger partial charge in [-0.2, -0.15) is 0 Å². The van der Waals surface area contributed by atoms with Crippen molar-refractivity contribution in [3.05, 3.63) is 81.5 Å². The van der Waals surface area contributed by atoms with E-state index in [1.807, 2.05) is 0 Å². The summed E-state index contributed by atoms with van der Waals surface area (Å²) in [5, 5.41) is 1.93. The first-order chi connectivity index (χ1) is 23.0. The Kier molecular flexibility index (Phi) is 9.68. The molecular weight excluding hydrogens is 569 g/mol. The van der Waals surface area contributed by atoms with Gasteiger partial charge in [0, 0.05) is 29.2 Å². The van der Waals surface area contributed by atoms with Crippen molar-refractivity contribution in [3.8, 4) is 153 Å². The highest BCUT2D eigenvalue weighted by molar-refractivity contribution is 5.86. The quantitative estimate of drug-likeness (QED) is 0.382. The summed E-state index contributed by atoms with van der Waals surface area (Å²) in [7, 11) is 0. The van der Waals surface area contributed by atoms with Crippen LogP contribution in [0.3, 0.4) is 0 Å². The van der Waals surface area contributed by atoms with Gasteiger partial charge in [0.05, 0.1) is 16.1 Å². The third-order valence-corrected chi connectivity index (χ3v) is 7.19. The van der Waals surface area contributed by atoms with Crippen molar-refractivity contribution in [3.63, 3.8) is 0 Å². The fourth-order valence-electron chi connectivity index (χ4n) is 5.12. The zero-order valence-electron chi connectivity index (χ0n) is 25.8. The topological polar surface area (TPSA) is 24.7 Å². The average molecular weight is 589 g/mol. The number of rotatable bonds is 1. The zero-order valence-corrected chi connectivity index (χ0v) is 25.8. The lowest BCUT2D eigenvalue weighted by Gasteiger charge is -2.21. The van der Waals surface area contributed by atoms with Crippen molar-refractivity contribution in [2.24, 2.45) is 9.98 Å². The SMILES string of the molecule is C#CC#CC#CC#CC#CC#CC#CC#CC#CC#CC#C[C@@]1(C)c2cc(C)ccc2-c2ccc(-c3ccc(C)c4c3=NCN=4)cc21. The van der Waals surface area contributed by atoms with Crippen LogP contribution in [-0.4, -0.2) is 6.67 Å². The number of hydrogen-bond donors (Lipinski definition) is 0. The Labute approximate surface area is 276 Å². The molecule has 0 radical (unpaired) electrons. The van der Waals surface area contributed by atoms with Crippen molar-refractivity contribution < 1.29 is 0 Å². The van der Waals surface area contributed by atoms with Gasteiger partial charge in [-0.1, -0.05) is 53.9 Å². The number of terminal acetylenes is 1. The highest BCUT2D eigenvalue weighted by Gasteiger charge is 2.38. The highest BCUT2D eigenvalue weighted by Crippen LogP contribution is 2.49. The van der Waals surface area contributed by atoms with Gasteiger partial charge >= 0.3 is 0 Å². The smallest absolute Gasteiger partial charge is 0.130 e. The van der Waals surface area contributed by atoms with Gasteiger partial charge in [-0.15, -0.1) is 6.42 Å². The minimum atomic E-state index is -0.552. The molecule has 0 N–H and O–H groups in total. The third-order valence-electron chi connectivity index (χ3n) is 7.19. The Morgan fingerprint density at radius 1 is 0.532 bits per heavy atom. The number of fused-ring (bicyclic) bond motifs is 4. The molecule has 47 heavy (non-hydrogen) atoms. The summed E-state index contributed by atoms with van der Waals surface area (Å²) in [5.41, 5.74) is 8.60. The van der Waals surface area contributed by atoms with Crippen molar-refractivity contribution >= 4 is 0 Å². The molecule has 1 aliphatic carbocycles. The maximum atomic E-state index is 4.98. The molecule has 1 atom stereocenters. The first kappa shape index (κ1) is 30.9. The van der Waals surface area contributed by atoms with Crippen LogP contribution in [0.25, 0.3) is 22.3 Å². The molecule has 2 heteroatoms. The lowest BCUT2D eigenvalue weighted by Crippen LogP contribution is -2.27. The van der Waals surface area contributed by atoms with Gasteiger partial charge in [0.15, 0.2) is 0 Å². The predicted molar refractivity (Wildman–Crippen MR) is 187 cm³/mol. The second-order valence-electron chi connectivity index (χ2n) is 10.2. The second-order valence-corrected chi connectivity index (χ2v) is 10.2. The van der Waals surface area contributed by atoms with Crippen LogP contribution in [-0.2, 0) is 5.41 Å². The summed E-state index contributed by atoms with van der Waals surface area (Å²) >= 11 is 0. The normalized spacial score (nSPS) is 12.5. The molecule has 1 heterocycles. The maximum Gasteiger partial charge on any atom is 0.130 e. The first-order valence-corrected chi connectivity index (χ1v) is 14.3. The molecule has 0 saturated heterocycles.